The van der Waals surface area contributed by atoms with Gasteiger partial charge in [-0.15, -0.1) is 11.3 Å². The molecule has 0 fully saturated rings. The van der Waals surface area contributed by atoms with Crippen LogP contribution in [0.3, 0.4) is 0 Å². The molecule has 0 aromatic carbocycles. The predicted octanol–water partition coefficient (Wildman–Crippen LogP) is 2.95. The average molecular weight is 278 g/mol. The van der Waals surface area contributed by atoms with Gasteiger partial charge in [0.2, 0.25) is 0 Å². The van der Waals surface area contributed by atoms with E-state index in [0.29, 0.717) is 6.42 Å². The van der Waals surface area contributed by atoms with Gasteiger partial charge in [0.15, 0.2) is 0 Å². The van der Waals surface area contributed by atoms with Gasteiger partial charge in [-0.25, -0.2) is 0 Å². The van der Waals surface area contributed by atoms with Crippen molar-refractivity contribution in [1.82, 2.24) is 0 Å². The van der Waals surface area contributed by atoms with Gasteiger partial charge in [-0.1, -0.05) is 11.8 Å². The summed E-state index contributed by atoms with van der Waals surface area (Å²) in [6, 6.07) is 3.57. The number of thiophene rings is 1. The maximum absolute atomic E-state index is 11.8. The van der Waals surface area contributed by atoms with Crippen molar-refractivity contribution in [1.29, 1.82) is 0 Å². The van der Waals surface area contributed by atoms with E-state index in [1.54, 1.807) is 12.1 Å². The highest BCUT2D eigenvalue weighted by molar-refractivity contribution is 7.12. The van der Waals surface area contributed by atoms with Gasteiger partial charge in [-0.2, -0.15) is 13.2 Å². The van der Waals surface area contributed by atoms with Gasteiger partial charge in [0.25, 0.3) is 0 Å². The third-order valence-corrected chi connectivity index (χ3v) is 2.86. The number of halogens is 3. The molecule has 0 saturated carbocycles. The molecule has 0 saturated heterocycles. The Balaban J connectivity index is 2.30. The molecule has 1 aromatic heterocycles. The molecule has 1 aromatic rings. The van der Waals surface area contributed by atoms with E-state index in [-0.39, 0.29) is 19.8 Å². The van der Waals surface area contributed by atoms with Crippen LogP contribution in [0.15, 0.2) is 12.1 Å². The summed E-state index contributed by atoms with van der Waals surface area (Å²) in [6.45, 7) is -0.138. The van der Waals surface area contributed by atoms with Crippen molar-refractivity contribution < 1.29 is 23.0 Å². The lowest BCUT2D eigenvalue weighted by atomic mass is 10.4. The second-order valence-corrected chi connectivity index (χ2v) is 4.63. The number of alkyl halides is 3. The average Bonchev–Trinajstić information content (AvgIpc) is 2.72. The van der Waals surface area contributed by atoms with Crippen LogP contribution in [0.5, 0.6) is 0 Å². The minimum Gasteiger partial charge on any atom is -0.395 e. The third-order valence-electron chi connectivity index (χ3n) is 1.88. The molecular weight excluding hydrogens is 265 g/mol. The van der Waals surface area contributed by atoms with Gasteiger partial charge in [0.05, 0.1) is 31.1 Å². The fraction of sp³-hybridized carbons (Fsp3) is 0.500. The Morgan fingerprint density at radius 2 is 2.11 bits per heavy atom. The molecule has 0 aliphatic carbocycles. The molecule has 1 rings (SSSR count). The summed E-state index contributed by atoms with van der Waals surface area (Å²) in [7, 11) is 0. The van der Waals surface area contributed by atoms with Crippen LogP contribution in [-0.4, -0.2) is 24.5 Å². The zero-order chi connectivity index (χ0) is 13.4. The van der Waals surface area contributed by atoms with Crippen molar-refractivity contribution in [3.05, 3.63) is 21.9 Å². The zero-order valence-corrected chi connectivity index (χ0v) is 10.4. The molecule has 0 aliphatic rings. The van der Waals surface area contributed by atoms with E-state index in [9.17, 15) is 13.2 Å². The first-order valence-corrected chi connectivity index (χ1v) is 6.16. The highest BCUT2D eigenvalue weighted by atomic mass is 32.1. The van der Waals surface area contributed by atoms with Crippen LogP contribution < -0.4 is 0 Å². The number of aliphatic hydroxyl groups excluding tert-OH is 1. The Morgan fingerprint density at radius 1 is 1.33 bits per heavy atom. The van der Waals surface area contributed by atoms with E-state index in [1.165, 1.54) is 11.3 Å². The lowest BCUT2D eigenvalue weighted by molar-refractivity contribution is -0.145. The van der Waals surface area contributed by atoms with Gasteiger partial charge in [0, 0.05) is 11.3 Å². The summed E-state index contributed by atoms with van der Waals surface area (Å²) >= 11 is 1.38. The van der Waals surface area contributed by atoms with Gasteiger partial charge >= 0.3 is 6.18 Å². The Bertz CT molecular complexity index is 415. The summed E-state index contributed by atoms with van der Waals surface area (Å²) in [5.41, 5.74) is 0. The quantitative estimate of drug-likeness (QED) is 0.663. The van der Waals surface area contributed by atoms with Gasteiger partial charge in [-0.05, 0) is 12.1 Å². The van der Waals surface area contributed by atoms with E-state index >= 15 is 0 Å². The molecule has 0 amide bonds. The van der Waals surface area contributed by atoms with E-state index in [2.05, 4.69) is 11.8 Å². The highest BCUT2D eigenvalue weighted by Crippen LogP contribution is 2.20. The van der Waals surface area contributed by atoms with Crippen molar-refractivity contribution in [3.8, 4) is 11.8 Å². The number of hydrogen-bond acceptors (Lipinski definition) is 3. The fourth-order valence-electron chi connectivity index (χ4n) is 1.09. The summed E-state index contributed by atoms with van der Waals surface area (Å²) in [5.74, 6) is 5.63. The number of aliphatic hydroxyl groups is 1. The molecule has 0 spiro atoms. The standard InChI is InChI=1S/C12H13F3O2S/c13-12(14,15)6-8-17-9-11-5-4-10(18-11)3-1-2-7-16/h4-5,16H,2,6-9H2. The fourth-order valence-corrected chi connectivity index (χ4v) is 1.91. The number of hydrogen-bond donors (Lipinski definition) is 1. The van der Waals surface area contributed by atoms with Crippen LogP contribution in [0.4, 0.5) is 13.2 Å². The Labute approximate surface area is 107 Å². The maximum Gasteiger partial charge on any atom is 0.391 e. The summed E-state index contributed by atoms with van der Waals surface area (Å²) < 4.78 is 40.5. The minimum atomic E-state index is -4.17. The molecule has 0 atom stereocenters. The monoisotopic (exact) mass is 278 g/mol. The van der Waals surface area contributed by atoms with Crippen molar-refractivity contribution in [2.45, 2.75) is 25.6 Å². The Kier molecular flexibility index (Phi) is 6.19. The topological polar surface area (TPSA) is 29.5 Å². The van der Waals surface area contributed by atoms with E-state index in [4.69, 9.17) is 9.84 Å². The maximum atomic E-state index is 11.8. The first-order valence-electron chi connectivity index (χ1n) is 5.34. The molecule has 0 bridgehead atoms. The lowest BCUT2D eigenvalue weighted by Crippen LogP contribution is -2.11. The summed E-state index contributed by atoms with van der Waals surface area (Å²) in [6.07, 6.45) is -4.69. The number of ether oxygens (including phenoxy) is 1. The third kappa shape index (κ3) is 6.64. The molecule has 2 nitrogen and oxygen atoms in total. The molecule has 18 heavy (non-hydrogen) atoms. The van der Waals surface area contributed by atoms with Gasteiger partial charge in [0.1, 0.15) is 0 Å². The van der Waals surface area contributed by atoms with Crippen molar-refractivity contribution >= 4 is 11.3 Å². The van der Waals surface area contributed by atoms with Gasteiger partial charge < -0.3 is 9.84 Å². The van der Waals surface area contributed by atoms with E-state index in [0.717, 1.165) is 9.75 Å². The largest absolute Gasteiger partial charge is 0.395 e. The predicted molar refractivity (Wildman–Crippen MR) is 63.2 cm³/mol. The van der Waals surface area contributed by atoms with Crippen molar-refractivity contribution in [3.63, 3.8) is 0 Å². The first-order chi connectivity index (χ1) is 8.51. The molecular formula is C12H13F3O2S. The van der Waals surface area contributed by atoms with E-state index in [1.807, 2.05) is 0 Å². The molecule has 6 heteroatoms. The van der Waals surface area contributed by atoms with Crippen LogP contribution in [0.1, 0.15) is 22.6 Å². The van der Waals surface area contributed by atoms with Crippen LogP contribution in [0.2, 0.25) is 0 Å². The minimum absolute atomic E-state index is 0.0196. The Hall–Kier alpha value is -1.03. The first kappa shape index (κ1) is 15.0. The van der Waals surface area contributed by atoms with Crippen LogP contribution in [0.25, 0.3) is 0 Å². The van der Waals surface area contributed by atoms with E-state index < -0.39 is 12.6 Å². The van der Waals surface area contributed by atoms with Crippen molar-refractivity contribution in [2.24, 2.45) is 0 Å². The van der Waals surface area contributed by atoms with Crippen LogP contribution in [0, 0.1) is 11.8 Å². The molecule has 0 radical (unpaired) electrons. The second-order valence-electron chi connectivity index (χ2n) is 3.46. The smallest absolute Gasteiger partial charge is 0.391 e. The van der Waals surface area contributed by atoms with Gasteiger partial charge in [-0.3, -0.25) is 0 Å². The zero-order valence-electron chi connectivity index (χ0n) is 9.59. The Morgan fingerprint density at radius 3 is 2.78 bits per heavy atom. The van der Waals surface area contributed by atoms with Crippen LogP contribution >= 0.6 is 11.3 Å². The summed E-state index contributed by atoms with van der Waals surface area (Å²) in [5, 5.41) is 8.55. The van der Waals surface area contributed by atoms with Crippen molar-refractivity contribution in [2.75, 3.05) is 13.2 Å². The lowest BCUT2D eigenvalue weighted by Gasteiger charge is -2.05. The second kappa shape index (κ2) is 7.41. The molecule has 1 N–H and O–H groups in total. The molecule has 1 heterocycles. The molecule has 0 unspecified atom stereocenters. The highest BCUT2D eigenvalue weighted by Gasteiger charge is 2.26. The molecule has 0 aliphatic heterocycles. The van der Waals surface area contributed by atoms with Crippen LogP contribution in [-0.2, 0) is 11.3 Å². The number of rotatable bonds is 5. The normalized spacial score (nSPS) is 11.1. The molecule has 100 valence electrons. The summed E-state index contributed by atoms with van der Waals surface area (Å²) in [4.78, 5) is 1.66. The SMILES string of the molecule is OCCC#Cc1ccc(COCCC(F)(F)F)s1.